The third-order valence-corrected chi connectivity index (χ3v) is 5.70. The van der Waals surface area contributed by atoms with E-state index < -0.39 is 5.54 Å². The second kappa shape index (κ2) is 6.93. The van der Waals surface area contributed by atoms with Gasteiger partial charge >= 0.3 is 6.03 Å². The van der Waals surface area contributed by atoms with Crippen molar-refractivity contribution in [2.24, 2.45) is 0 Å². The van der Waals surface area contributed by atoms with Gasteiger partial charge in [-0.3, -0.25) is 4.79 Å². The molecule has 130 valence electrons. The minimum Gasteiger partial charge on any atom is -0.319 e. The van der Waals surface area contributed by atoms with Crippen molar-refractivity contribution in [1.29, 1.82) is 0 Å². The number of imide groups is 1. The zero-order valence-corrected chi connectivity index (χ0v) is 14.7. The van der Waals surface area contributed by atoms with Crippen LogP contribution in [0.15, 0.2) is 30.3 Å². The summed E-state index contributed by atoms with van der Waals surface area (Å²) in [7, 11) is 0. The maximum atomic E-state index is 13.2. The first-order valence-electron chi connectivity index (χ1n) is 9.16. The third kappa shape index (κ3) is 2.81. The Morgan fingerprint density at radius 3 is 2.62 bits per heavy atom. The number of quaternary nitrogens is 1. The first-order valence-corrected chi connectivity index (χ1v) is 9.16. The molecule has 0 saturated carbocycles. The lowest BCUT2D eigenvalue weighted by atomic mass is 9.87. The van der Waals surface area contributed by atoms with Gasteiger partial charge < -0.3 is 10.2 Å². The summed E-state index contributed by atoms with van der Waals surface area (Å²) in [5, 5.41) is 2.98. The molecule has 2 saturated heterocycles. The van der Waals surface area contributed by atoms with Crippen molar-refractivity contribution in [3.63, 3.8) is 0 Å². The zero-order chi connectivity index (χ0) is 17.2. The number of nitrogens with one attached hydrogen (secondary N) is 2. The Balaban J connectivity index is 1.83. The van der Waals surface area contributed by atoms with Gasteiger partial charge in [-0.1, -0.05) is 44.2 Å². The minimum atomic E-state index is -0.907. The van der Waals surface area contributed by atoms with Crippen molar-refractivity contribution < 1.29 is 14.5 Å². The highest BCUT2D eigenvalue weighted by atomic mass is 16.2. The molecule has 5 heteroatoms. The summed E-state index contributed by atoms with van der Waals surface area (Å²) in [5.41, 5.74) is -0.0380. The molecule has 2 N–H and O–H groups in total. The number of carbonyl (C=O) groups excluding carboxylic acids is 2. The van der Waals surface area contributed by atoms with Crippen molar-refractivity contribution in [3.8, 4) is 0 Å². The van der Waals surface area contributed by atoms with Gasteiger partial charge in [-0.05, 0) is 37.7 Å². The first-order chi connectivity index (χ1) is 11.6. The van der Waals surface area contributed by atoms with Crippen LogP contribution in [0, 0.1) is 0 Å². The molecule has 5 nitrogen and oxygen atoms in total. The van der Waals surface area contributed by atoms with E-state index in [1.165, 1.54) is 29.1 Å². The summed E-state index contributed by atoms with van der Waals surface area (Å²) >= 11 is 0. The molecule has 0 spiro atoms. The third-order valence-electron chi connectivity index (χ3n) is 5.70. The molecule has 0 aliphatic carbocycles. The van der Waals surface area contributed by atoms with Gasteiger partial charge in [0.05, 0.1) is 12.6 Å². The van der Waals surface area contributed by atoms with Crippen molar-refractivity contribution in [2.45, 2.75) is 57.5 Å². The Kier molecular flexibility index (Phi) is 4.90. The fourth-order valence-corrected chi connectivity index (χ4v) is 4.19. The summed E-state index contributed by atoms with van der Waals surface area (Å²) in [6.07, 6.45) is 5.27. The highest BCUT2D eigenvalue weighted by Crippen LogP contribution is 2.31. The second-order valence-electron chi connectivity index (χ2n) is 6.96. The number of nitrogens with zero attached hydrogens (tertiary/aromatic N) is 1. The van der Waals surface area contributed by atoms with Gasteiger partial charge in [0.2, 0.25) is 0 Å². The van der Waals surface area contributed by atoms with E-state index in [9.17, 15) is 9.59 Å². The van der Waals surface area contributed by atoms with Crippen LogP contribution in [0.3, 0.4) is 0 Å². The number of amides is 3. The largest absolute Gasteiger partial charge is 0.329 e. The lowest BCUT2D eigenvalue weighted by molar-refractivity contribution is -0.937. The van der Waals surface area contributed by atoms with E-state index >= 15 is 0 Å². The molecule has 1 aromatic rings. The van der Waals surface area contributed by atoms with Crippen LogP contribution in [0.25, 0.3) is 0 Å². The Morgan fingerprint density at radius 2 is 1.96 bits per heavy atom. The fraction of sp³-hybridized carbons (Fsp3) is 0.579. The van der Waals surface area contributed by atoms with E-state index in [0.29, 0.717) is 19.1 Å². The Bertz CT molecular complexity index is 604. The normalized spacial score (nSPS) is 30.5. The lowest BCUT2D eigenvalue weighted by Gasteiger charge is -2.34. The number of hydrogen-bond acceptors (Lipinski definition) is 2. The van der Waals surface area contributed by atoms with E-state index in [1.807, 2.05) is 37.3 Å². The van der Waals surface area contributed by atoms with Gasteiger partial charge in [0.1, 0.15) is 5.54 Å². The summed E-state index contributed by atoms with van der Waals surface area (Å²) in [6.45, 7) is 5.68. The van der Waals surface area contributed by atoms with Crippen LogP contribution in [-0.4, -0.2) is 36.1 Å². The topological polar surface area (TPSA) is 53.9 Å². The predicted molar refractivity (Wildman–Crippen MR) is 92.4 cm³/mol. The molecular weight excluding hydrogens is 302 g/mol. The quantitative estimate of drug-likeness (QED) is 0.807. The van der Waals surface area contributed by atoms with E-state index in [0.717, 1.165) is 18.5 Å². The van der Waals surface area contributed by atoms with Crippen molar-refractivity contribution in [1.82, 2.24) is 10.2 Å². The summed E-state index contributed by atoms with van der Waals surface area (Å²) in [6, 6.07) is 9.90. The van der Waals surface area contributed by atoms with Crippen molar-refractivity contribution in [3.05, 3.63) is 35.9 Å². The fourth-order valence-electron chi connectivity index (χ4n) is 4.19. The van der Waals surface area contributed by atoms with Crippen LogP contribution in [0.5, 0.6) is 0 Å². The number of rotatable bonds is 5. The van der Waals surface area contributed by atoms with Gasteiger partial charge in [-0.25, -0.2) is 9.69 Å². The molecule has 1 aromatic carbocycles. The van der Waals surface area contributed by atoms with Gasteiger partial charge in [0, 0.05) is 0 Å². The van der Waals surface area contributed by atoms with Crippen LogP contribution in [0.1, 0.15) is 51.5 Å². The lowest BCUT2D eigenvalue weighted by Crippen LogP contribution is -3.18. The number of piperidine rings is 1. The molecule has 3 amide bonds. The molecule has 3 atom stereocenters. The van der Waals surface area contributed by atoms with Crippen LogP contribution in [0.2, 0.25) is 0 Å². The minimum absolute atomic E-state index is 0.103. The maximum absolute atomic E-state index is 13.2. The van der Waals surface area contributed by atoms with Crippen molar-refractivity contribution >= 4 is 11.9 Å². The number of carbonyl (C=O) groups is 2. The average Bonchev–Trinajstić information content (AvgIpc) is 2.88. The molecule has 2 fully saturated rings. The van der Waals surface area contributed by atoms with E-state index in [1.54, 1.807) is 0 Å². The molecule has 0 radical (unpaired) electrons. The maximum Gasteiger partial charge on any atom is 0.329 e. The molecule has 2 aliphatic heterocycles. The Hall–Kier alpha value is -1.88. The first kappa shape index (κ1) is 17.0. The summed E-state index contributed by atoms with van der Waals surface area (Å²) < 4.78 is 0. The van der Waals surface area contributed by atoms with Gasteiger partial charge in [0.15, 0.2) is 6.67 Å². The molecular formula is C19H28N3O2+. The monoisotopic (exact) mass is 330 g/mol. The van der Waals surface area contributed by atoms with Crippen LogP contribution < -0.4 is 10.2 Å². The van der Waals surface area contributed by atoms with Crippen molar-refractivity contribution in [2.75, 3.05) is 13.2 Å². The van der Waals surface area contributed by atoms with Crippen LogP contribution in [0.4, 0.5) is 4.79 Å². The van der Waals surface area contributed by atoms with Gasteiger partial charge in [0.25, 0.3) is 5.91 Å². The number of urea groups is 1. The molecule has 0 bridgehead atoms. The predicted octanol–water partition coefficient (Wildman–Crippen LogP) is 1.65. The molecule has 0 aromatic heterocycles. The number of benzene rings is 1. The zero-order valence-electron chi connectivity index (χ0n) is 14.7. The smallest absolute Gasteiger partial charge is 0.319 e. The molecule has 3 rings (SSSR count). The summed E-state index contributed by atoms with van der Waals surface area (Å²) in [4.78, 5) is 28.6. The van der Waals surface area contributed by atoms with Crippen LogP contribution in [-0.2, 0) is 10.3 Å². The average molecular weight is 330 g/mol. The van der Waals surface area contributed by atoms with Crippen LogP contribution >= 0.6 is 0 Å². The number of likely N-dealkylation sites (tertiary alicyclic amines) is 1. The van der Waals surface area contributed by atoms with Gasteiger partial charge in [-0.2, -0.15) is 0 Å². The molecule has 24 heavy (non-hydrogen) atoms. The SMILES string of the molecule is CC[C@H]1CCCC[NH+]1CN1C(=O)N[C@](CC)(c2ccccc2)C1=O. The standard InChI is InChI=1S/C19H27N3O2/c1-3-16-12-8-9-13-21(16)14-22-17(23)19(4-2,20-18(22)24)15-10-6-5-7-11-15/h5-7,10-11,16H,3-4,8-9,12-14H2,1-2H3,(H,20,24)/p+1/t16-,19+/m0/s1. The molecule has 2 aliphatic rings. The second-order valence-corrected chi connectivity index (χ2v) is 6.96. The molecule has 1 unspecified atom stereocenters. The van der Waals surface area contributed by atoms with E-state index in [2.05, 4.69) is 12.2 Å². The van der Waals surface area contributed by atoms with E-state index in [4.69, 9.17) is 0 Å². The molecule has 2 heterocycles. The number of hydrogen-bond donors (Lipinski definition) is 2. The van der Waals surface area contributed by atoms with E-state index in [-0.39, 0.29) is 11.9 Å². The van der Waals surface area contributed by atoms with Gasteiger partial charge in [-0.15, -0.1) is 0 Å². The summed E-state index contributed by atoms with van der Waals surface area (Å²) in [5.74, 6) is -0.103. The Labute approximate surface area is 144 Å². The Morgan fingerprint density at radius 1 is 1.21 bits per heavy atom. The highest BCUT2D eigenvalue weighted by molar-refractivity contribution is 6.07. The highest BCUT2D eigenvalue weighted by Gasteiger charge is 2.52.